The minimum atomic E-state index is -1.08. The van der Waals surface area contributed by atoms with Crippen LogP contribution < -0.4 is 5.11 Å². The molecular weight excluding hydrogens is 214 g/mol. The fourth-order valence-corrected chi connectivity index (χ4v) is 2.71. The highest BCUT2D eigenvalue weighted by atomic mass is 16.4. The van der Waals surface area contributed by atoms with Crippen molar-refractivity contribution < 1.29 is 14.4 Å². The van der Waals surface area contributed by atoms with E-state index in [0.717, 1.165) is 6.92 Å². The summed E-state index contributed by atoms with van der Waals surface area (Å²) in [6.07, 6.45) is 8.59. The molecule has 1 heterocycles. The van der Waals surface area contributed by atoms with Crippen LogP contribution in [0.1, 0.15) is 59.3 Å². The molecule has 1 saturated heterocycles. The van der Waals surface area contributed by atoms with Gasteiger partial charge < -0.3 is 14.4 Å². The van der Waals surface area contributed by atoms with Crippen LogP contribution in [0.15, 0.2) is 0 Å². The van der Waals surface area contributed by atoms with E-state index in [1.54, 1.807) is 0 Å². The zero-order valence-corrected chi connectivity index (χ0v) is 11.8. The monoisotopic (exact) mass is 243 g/mol. The van der Waals surface area contributed by atoms with Crippen molar-refractivity contribution in [3.05, 3.63) is 0 Å². The van der Waals surface area contributed by atoms with Gasteiger partial charge in [-0.15, -0.1) is 0 Å². The van der Waals surface area contributed by atoms with E-state index in [1.807, 2.05) is 0 Å². The first kappa shape index (κ1) is 16.4. The molecule has 0 saturated carbocycles. The number of rotatable bonds is 5. The Morgan fingerprint density at radius 1 is 1.06 bits per heavy atom. The Kier molecular flexibility index (Phi) is 9.14. The molecule has 17 heavy (non-hydrogen) atoms. The lowest BCUT2D eigenvalue weighted by atomic mass is 10.1. The summed E-state index contributed by atoms with van der Waals surface area (Å²) >= 11 is 0. The average Bonchev–Trinajstić information content (AvgIpc) is 2.27. The van der Waals surface area contributed by atoms with Crippen molar-refractivity contribution in [2.75, 3.05) is 26.2 Å². The van der Waals surface area contributed by atoms with Crippen molar-refractivity contribution in [3.63, 3.8) is 0 Å². The maximum absolute atomic E-state index is 8.89. The predicted molar refractivity (Wildman–Crippen MR) is 69.5 cm³/mol. The third-order valence-corrected chi connectivity index (χ3v) is 3.45. The number of carbonyl (C=O) groups excluding carboxylic acids is 1. The molecule has 0 radical (unpaired) electrons. The number of hydrogen-bond donors (Lipinski definition) is 0. The molecule has 1 fully saturated rings. The maximum Gasteiger partial charge on any atom is 0.0786 e. The van der Waals surface area contributed by atoms with E-state index in [9.17, 15) is 0 Å². The largest absolute Gasteiger partial charge is 0.550 e. The molecule has 0 atom stereocenters. The van der Waals surface area contributed by atoms with Crippen LogP contribution in [0.4, 0.5) is 0 Å². The lowest BCUT2D eigenvalue weighted by Crippen LogP contribution is -2.52. The van der Waals surface area contributed by atoms with Crippen LogP contribution in [0.2, 0.25) is 0 Å². The number of likely N-dealkylation sites (tertiary alicyclic amines) is 1. The first-order chi connectivity index (χ1) is 8.06. The van der Waals surface area contributed by atoms with Crippen molar-refractivity contribution in [1.82, 2.24) is 0 Å². The van der Waals surface area contributed by atoms with Crippen LogP contribution in [0.3, 0.4) is 0 Å². The summed E-state index contributed by atoms with van der Waals surface area (Å²) in [7, 11) is 0. The van der Waals surface area contributed by atoms with Crippen LogP contribution in [-0.2, 0) is 4.79 Å². The van der Waals surface area contributed by atoms with Crippen LogP contribution in [0.5, 0.6) is 0 Å². The molecule has 3 nitrogen and oxygen atoms in total. The standard InChI is InChI=1S/C12H26N.C2H4O2/c1-3-5-10-13(9-4-2)11-7-6-8-12-13;1-2(3)4/h3-12H2,1-2H3;1H3,(H,3,4)/q+1;/p-1. The lowest BCUT2D eigenvalue weighted by molar-refractivity contribution is -0.932. The second-order valence-electron chi connectivity index (χ2n) is 5.14. The van der Waals surface area contributed by atoms with Crippen molar-refractivity contribution in [3.8, 4) is 0 Å². The molecule has 0 unspecified atom stereocenters. The number of nitrogens with zero attached hydrogens (tertiary/aromatic N) is 1. The van der Waals surface area contributed by atoms with Crippen LogP contribution in [0.25, 0.3) is 0 Å². The average molecular weight is 243 g/mol. The Morgan fingerprint density at radius 3 is 2.00 bits per heavy atom. The number of quaternary nitrogens is 1. The van der Waals surface area contributed by atoms with Crippen molar-refractivity contribution in [2.24, 2.45) is 0 Å². The highest BCUT2D eigenvalue weighted by Gasteiger charge is 2.27. The molecule has 1 aliphatic heterocycles. The van der Waals surface area contributed by atoms with Gasteiger partial charge >= 0.3 is 0 Å². The van der Waals surface area contributed by atoms with Gasteiger partial charge in [-0.25, -0.2) is 0 Å². The van der Waals surface area contributed by atoms with E-state index in [0.29, 0.717) is 0 Å². The summed E-state index contributed by atoms with van der Waals surface area (Å²) in [5.74, 6) is -1.08. The fourth-order valence-electron chi connectivity index (χ4n) is 2.71. The summed E-state index contributed by atoms with van der Waals surface area (Å²) in [5.41, 5.74) is 0. The van der Waals surface area contributed by atoms with E-state index < -0.39 is 5.97 Å². The van der Waals surface area contributed by atoms with Crippen molar-refractivity contribution in [1.29, 1.82) is 0 Å². The molecular formula is C14H29NO2. The first-order valence-electron chi connectivity index (χ1n) is 7.09. The molecule has 0 bridgehead atoms. The molecule has 0 aromatic rings. The van der Waals surface area contributed by atoms with Gasteiger partial charge in [0.05, 0.1) is 26.2 Å². The Morgan fingerprint density at radius 2 is 1.59 bits per heavy atom. The lowest BCUT2D eigenvalue weighted by Gasteiger charge is -2.41. The van der Waals surface area contributed by atoms with Gasteiger partial charge in [0.1, 0.15) is 0 Å². The number of carbonyl (C=O) groups is 1. The van der Waals surface area contributed by atoms with Gasteiger partial charge in [-0.3, -0.25) is 0 Å². The SMILES string of the molecule is CC(=O)[O-].CCCC[N+]1(CCC)CCCCC1. The second kappa shape index (κ2) is 9.46. The van der Waals surface area contributed by atoms with Gasteiger partial charge in [0.15, 0.2) is 0 Å². The van der Waals surface area contributed by atoms with E-state index in [1.165, 1.54) is 69.2 Å². The molecule has 1 aliphatic rings. The number of hydrogen-bond acceptors (Lipinski definition) is 2. The maximum atomic E-state index is 8.89. The molecule has 0 N–H and O–H groups in total. The minimum absolute atomic E-state index is 0.972. The van der Waals surface area contributed by atoms with Gasteiger partial charge in [-0.1, -0.05) is 20.3 Å². The second-order valence-corrected chi connectivity index (χ2v) is 5.14. The van der Waals surface area contributed by atoms with Crippen LogP contribution in [0, 0.1) is 0 Å². The topological polar surface area (TPSA) is 40.1 Å². The van der Waals surface area contributed by atoms with Gasteiger partial charge in [-0.2, -0.15) is 0 Å². The molecule has 0 amide bonds. The van der Waals surface area contributed by atoms with Crippen molar-refractivity contribution in [2.45, 2.75) is 59.3 Å². The zero-order chi connectivity index (χ0) is 13.1. The fraction of sp³-hybridized carbons (Fsp3) is 0.929. The van der Waals surface area contributed by atoms with Gasteiger partial charge in [-0.05, 0) is 39.0 Å². The van der Waals surface area contributed by atoms with Gasteiger partial charge in [0.2, 0.25) is 0 Å². The molecule has 1 rings (SSSR count). The molecule has 3 heteroatoms. The Balaban J connectivity index is 0.000000557. The van der Waals surface area contributed by atoms with E-state index >= 15 is 0 Å². The molecule has 102 valence electrons. The number of carboxylic acid groups (broad SMARTS) is 1. The normalized spacial score (nSPS) is 18.1. The summed E-state index contributed by atoms with van der Waals surface area (Å²) < 4.78 is 1.45. The van der Waals surface area contributed by atoms with E-state index in [-0.39, 0.29) is 0 Å². The number of carboxylic acids is 1. The Bertz CT molecular complexity index is 189. The molecule has 0 aromatic carbocycles. The Hall–Kier alpha value is -0.570. The zero-order valence-electron chi connectivity index (χ0n) is 11.8. The quantitative estimate of drug-likeness (QED) is 0.692. The summed E-state index contributed by atoms with van der Waals surface area (Å²) in [6, 6.07) is 0. The van der Waals surface area contributed by atoms with Gasteiger partial charge in [0.25, 0.3) is 0 Å². The minimum Gasteiger partial charge on any atom is -0.550 e. The van der Waals surface area contributed by atoms with E-state index in [2.05, 4.69) is 13.8 Å². The highest BCUT2D eigenvalue weighted by Crippen LogP contribution is 2.20. The van der Waals surface area contributed by atoms with Crippen molar-refractivity contribution >= 4 is 5.97 Å². The Labute approximate surface area is 106 Å². The third kappa shape index (κ3) is 8.19. The smallest absolute Gasteiger partial charge is 0.0786 e. The summed E-state index contributed by atoms with van der Waals surface area (Å²) in [4.78, 5) is 8.89. The molecule has 0 aromatic heterocycles. The number of unbranched alkanes of at least 4 members (excludes halogenated alkanes) is 1. The van der Waals surface area contributed by atoms with Gasteiger partial charge in [0, 0.05) is 5.97 Å². The number of piperidine rings is 1. The predicted octanol–water partition coefficient (Wildman–Crippen LogP) is 1.95. The highest BCUT2D eigenvalue weighted by molar-refractivity contribution is 5.60. The van der Waals surface area contributed by atoms with Crippen LogP contribution >= 0.6 is 0 Å². The third-order valence-electron chi connectivity index (χ3n) is 3.45. The number of aliphatic carboxylic acids is 1. The summed E-state index contributed by atoms with van der Waals surface area (Å²) in [5, 5.41) is 8.89. The first-order valence-corrected chi connectivity index (χ1v) is 7.09. The molecule has 0 spiro atoms. The molecule has 0 aliphatic carbocycles. The van der Waals surface area contributed by atoms with Crippen LogP contribution in [-0.4, -0.2) is 36.6 Å². The van der Waals surface area contributed by atoms with E-state index in [4.69, 9.17) is 9.90 Å². The summed E-state index contributed by atoms with van der Waals surface area (Å²) in [6.45, 7) is 11.4.